The number of hydrogen-bond acceptors (Lipinski definition) is 4. The molecule has 39 heavy (non-hydrogen) atoms. The van der Waals surface area contributed by atoms with Gasteiger partial charge in [0.05, 0.1) is 7.11 Å². The Morgan fingerprint density at radius 2 is 1.41 bits per heavy atom. The molecule has 2 amide bonds. The highest BCUT2D eigenvalue weighted by molar-refractivity contribution is 5.89. The number of nitrogens with zero attached hydrogens (tertiary/aromatic N) is 1. The maximum Gasteiger partial charge on any atom is 0.261 e. The molecule has 0 saturated heterocycles. The summed E-state index contributed by atoms with van der Waals surface area (Å²) in [4.78, 5) is 28.8. The molecular formula is C32H31FN2O4. The van der Waals surface area contributed by atoms with Crippen LogP contribution in [0.3, 0.4) is 0 Å². The van der Waals surface area contributed by atoms with Gasteiger partial charge in [-0.2, -0.15) is 0 Å². The molecule has 7 heteroatoms. The molecule has 0 aromatic heterocycles. The fraction of sp³-hybridized carbons (Fsp3) is 0.188. The zero-order chi connectivity index (χ0) is 27.5. The summed E-state index contributed by atoms with van der Waals surface area (Å²) in [6, 6.07) is 30.8. The second-order valence-electron chi connectivity index (χ2n) is 8.95. The van der Waals surface area contributed by atoms with Crippen LogP contribution in [0.4, 0.5) is 4.39 Å². The molecule has 0 saturated carbocycles. The molecule has 0 fully saturated rings. The van der Waals surface area contributed by atoms with E-state index in [4.69, 9.17) is 9.47 Å². The highest BCUT2D eigenvalue weighted by Crippen LogP contribution is 2.25. The Morgan fingerprint density at radius 3 is 2.05 bits per heavy atom. The van der Waals surface area contributed by atoms with E-state index in [1.807, 2.05) is 72.8 Å². The van der Waals surface area contributed by atoms with Crippen molar-refractivity contribution in [2.24, 2.45) is 0 Å². The third-order valence-corrected chi connectivity index (χ3v) is 6.24. The summed E-state index contributed by atoms with van der Waals surface area (Å²) in [5.41, 5.74) is 2.40. The largest absolute Gasteiger partial charge is 0.497 e. The molecule has 0 aliphatic heterocycles. The van der Waals surface area contributed by atoms with E-state index in [1.54, 1.807) is 31.4 Å². The van der Waals surface area contributed by atoms with Crippen LogP contribution in [0.1, 0.15) is 22.7 Å². The summed E-state index contributed by atoms with van der Waals surface area (Å²) in [6.07, 6.45) is 0.611. The van der Waals surface area contributed by atoms with Gasteiger partial charge in [-0.25, -0.2) is 4.39 Å². The molecule has 6 nitrogen and oxygen atoms in total. The topological polar surface area (TPSA) is 67.9 Å². The summed E-state index contributed by atoms with van der Waals surface area (Å²) >= 11 is 0. The van der Waals surface area contributed by atoms with Crippen LogP contribution in [0.25, 0.3) is 0 Å². The van der Waals surface area contributed by atoms with Crippen LogP contribution in [-0.2, 0) is 22.6 Å². The quantitative estimate of drug-likeness (QED) is 0.271. The third kappa shape index (κ3) is 7.92. The molecule has 0 heterocycles. The van der Waals surface area contributed by atoms with Crippen molar-refractivity contribution < 1.29 is 23.5 Å². The first-order chi connectivity index (χ1) is 19.0. The number of carbonyl (C=O) groups is 2. The zero-order valence-corrected chi connectivity index (χ0v) is 21.8. The molecule has 0 spiro atoms. The molecule has 4 rings (SSSR count). The molecule has 1 atom stereocenters. The van der Waals surface area contributed by atoms with Gasteiger partial charge in [0.25, 0.3) is 5.91 Å². The lowest BCUT2D eigenvalue weighted by molar-refractivity contribution is -0.143. The Kier molecular flexibility index (Phi) is 9.67. The van der Waals surface area contributed by atoms with Gasteiger partial charge in [0.15, 0.2) is 6.61 Å². The number of nitrogens with one attached hydrogen (secondary N) is 1. The average molecular weight is 527 g/mol. The molecule has 0 unspecified atom stereocenters. The van der Waals surface area contributed by atoms with Gasteiger partial charge in [0.1, 0.15) is 23.4 Å². The second-order valence-corrected chi connectivity index (χ2v) is 8.95. The highest BCUT2D eigenvalue weighted by atomic mass is 19.1. The SMILES string of the molecule is COc1ccc(CCNC(=O)[C@H](c2ccccc2)N(Cc2ccc(F)cc2)C(=O)COc2ccccc2)cc1. The number of carbonyl (C=O) groups excluding carboxylic acids is 2. The van der Waals surface area contributed by atoms with Crippen LogP contribution in [0, 0.1) is 5.82 Å². The summed E-state index contributed by atoms with van der Waals surface area (Å²) in [7, 11) is 1.61. The predicted molar refractivity (Wildman–Crippen MR) is 148 cm³/mol. The lowest BCUT2D eigenvalue weighted by Gasteiger charge is -2.31. The number of amides is 2. The van der Waals surface area contributed by atoms with Crippen molar-refractivity contribution in [1.82, 2.24) is 10.2 Å². The van der Waals surface area contributed by atoms with Crippen molar-refractivity contribution in [3.05, 3.63) is 132 Å². The van der Waals surface area contributed by atoms with E-state index in [0.717, 1.165) is 11.3 Å². The van der Waals surface area contributed by atoms with Crippen LogP contribution < -0.4 is 14.8 Å². The van der Waals surface area contributed by atoms with E-state index in [-0.39, 0.29) is 30.8 Å². The maximum absolute atomic E-state index is 13.7. The first-order valence-corrected chi connectivity index (χ1v) is 12.7. The summed E-state index contributed by atoms with van der Waals surface area (Å²) in [5, 5.41) is 3.00. The van der Waals surface area contributed by atoms with Gasteiger partial charge in [-0.1, -0.05) is 72.8 Å². The molecular weight excluding hydrogens is 495 g/mol. The Morgan fingerprint density at radius 1 is 0.795 bits per heavy atom. The van der Waals surface area contributed by atoms with Crippen LogP contribution in [0.2, 0.25) is 0 Å². The highest BCUT2D eigenvalue weighted by Gasteiger charge is 2.31. The van der Waals surface area contributed by atoms with Gasteiger partial charge in [-0.05, 0) is 59.5 Å². The Balaban J connectivity index is 1.56. The molecule has 1 N–H and O–H groups in total. The van der Waals surface area contributed by atoms with Gasteiger partial charge in [-0.15, -0.1) is 0 Å². The number of rotatable bonds is 12. The van der Waals surface area contributed by atoms with Gasteiger partial charge in [-0.3, -0.25) is 9.59 Å². The smallest absolute Gasteiger partial charge is 0.261 e. The Bertz CT molecular complexity index is 1330. The van der Waals surface area contributed by atoms with E-state index < -0.39 is 6.04 Å². The molecule has 200 valence electrons. The minimum absolute atomic E-state index is 0.0999. The first-order valence-electron chi connectivity index (χ1n) is 12.7. The molecule has 0 bridgehead atoms. The van der Waals surface area contributed by atoms with Crippen molar-refractivity contribution in [2.45, 2.75) is 19.0 Å². The van der Waals surface area contributed by atoms with Gasteiger partial charge in [0.2, 0.25) is 5.91 Å². The summed E-state index contributed by atoms with van der Waals surface area (Å²) in [5.74, 6) is 0.250. The van der Waals surface area contributed by atoms with Crippen LogP contribution >= 0.6 is 0 Å². The number of methoxy groups -OCH3 is 1. The predicted octanol–water partition coefficient (Wildman–Crippen LogP) is 5.34. The average Bonchev–Trinajstić information content (AvgIpc) is 2.98. The summed E-state index contributed by atoms with van der Waals surface area (Å²) < 4.78 is 24.5. The van der Waals surface area contributed by atoms with E-state index >= 15 is 0 Å². The van der Waals surface area contributed by atoms with Gasteiger partial charge < -0.3 is 19.7 Å². The molecule has 4 aromatic carbocycles. The number of para-hydroxylation sites is 1. The van der Waals surface area contributed by atoms with Crippen molar-refractivity contribution in [3.63, 3.8) is 0 Å². The molecule has 4 aromatic rings. The second kappa shape index (κ2) is 13.8. The lowest BCUT2D eigenvalue weighted by Crippen LogP contribution is -2.45. The Labute approximate surface area is 228 Å². The monoisotopic (exact) mass is 526 g/mol. The fourth-order valence-electron chi connectivity index (χ4n) is 4.18. The number of ether oxygens (including phenoxy) is 2. The van der Waals surface area contributed by atoms with E-state index in [9.17, 15) is 14.0 Å². The van der Waals surface area contributed by atoms with Crippen LogP contribution in [-0.4, -0.2) is 37.0 Å². The van der Waals surface area contributed by atoms with E-state index in [1.165, 1.54) is 17.0 Å². The van der Waals surface area contributed by atoms with Crippen molar-refractivity contribution in [3.8, 4) is 11.5 Å². The third-order valence-electron chi connectivity index (χ3n) is 6.24. The number of benzene rings is 4. The van der Waals surface area contributed by atoms with Crippen molar-refractivity contribution in [2.75, 3.05) is 20.3 Å². The van der Waals surface area contributed by atoms with Gasteiger partial charge in [0, 0.05) is 13.1 Å². The van der Waals surface area contributed by atoms with E-state index in [0.29, 0.717) is 29.8 Å². The number of hydrogen-bond donors (Lipinski definition) is 1. The minimum Gasteiger partial charge on any atom is -0.497 e. The van der Waals surface area contributed by atoms with E-state index in [2.05, 4.69) is 5.32 Å². The standard InChI is InChI=1S/C32H31FN2O4/c1-38-28-18-14-24(15-19-28)20-21-34-32(37)31(26-8-4-2-5-9-26)35(22-25-12-16-27(33)17-13-25)30(36)23-39-29-10-6-3-7-11-29/h2-19,31H,20-23H2,1H3,(H,34,37)/t31-/m0/s1. The molecule has 0 aliphatic rings. The molecule has 0 aliphatic carbocycles. The summed E-state index contributed by atoms with van der Waals surface area (Å²) in [6.45, 7) is 0.226. The van der Waals surface area contributed by atoms with Crippen molar-refractivity contribution >= 4 is 11.8 Å². The normalized spacial score (nSPS) is 11.3. The number of halogens is 1. The van der Waals surface area contributed by atoms with Gasteiger partial charge >= 0.3 is 0 Å². The molecule has 0 radical (unpaired) electrons. The van der Waals surface area contributed by atoms with Crippen LogP contribution in [0.15, 0.2) is 109 Å². The lowest BCUT2D eigenvalue weighted by atomic mass is 10.0. The maximum atomic E-state index is 13.7. The van der Waals surface area contributed by atoms with Crippen LogP contribution in [0.5, 0.6) is 11.5 Å². The Hall–Kier alpha value is -4.65. The fourth-order valence-corrected chi connectivity index (χ4v) is 4.18. The van der Waals surface area contributed by atoms with Crippen molar-refractivity contribution in [1.29, 1.82) is 0 Å². The first kappa shape index (κ1) is 27.4. The zero-order valence-electron chi connectivity index (χ0n) is 21.8. The minimum atomic E-state index is -0.918.